The van der Waals surface area contributed by atoms with E-state index in [-0.39, 0.29) is 5.75 Å². The third kappa shape index (κ3) is 3.62. The predicted molar refractivity (Wildman–Crippen MR) is 94.1 cm³/mol. The summed E-state index contributed by atoms with van der Waals surface area (Å²) in [6.07, 6.45) is 2.26. The van der Waals surface area contributed by atoms with Crippen molar-refractivity contribution in [2.24, 2.45) is 0 Å². The zero-order valence-electron chi connectivity index (χ0n) is 12.1. The van der Waals surface area contributed by atoms with Gasteiger partial charge >= 0.3 is 0 Å². The van der Waals surface area contributed by atoms with E-state index in [4.69, 9.17) is 0 Å². The summed E-state index contributed by atoms with van der Waals surface area (Å²) in [6, 6.07) is 11.5. The van der Waals surface area contributed by atoms with E-state index in [0.717, 1.165) is 23.9 Å². The monoisotopic (exact) mass is 399 g/mol. The van der Waals surface area contributed by atoms with Gasteiger partial charge in [-0.1, -0.05) is 22.0 Å². The van der Waals surface area contributed by atoms with E-state index in [2.05, 4.69) is 38.3 Å². The van der Waals surface area contributed by atoms with Gasteiger partial charge in [0, 0.05) is 21.9 Å². The molecule has 3 rings (SSSR count). The van der Waals surface area contributed by atoms with E-state index < -0.39 is 9.84 Å². The molecule has 1 aromatic carbocycles. The number of benzene rings is 1. The molecule has 0 aliphatic carbocycles. The first kappa shape index (κ1) is 16.2. The summed E-state index contributed by atoms with van der Waals surface area (Å²) < 4.78 is 25.8. The topological polar surface area (TPSA) is 37.4 Å². The molecule has 22 heavy (non-hydrogen) atoms. The number of rotatable bonds is 5. The van der Waals surface area contributed by atoms with Crippen molar-refractivity contribution in [2.75, 3.05) is 18.8 Å². The van der Waals surface area contributed by atoms with Gasteiger partial charge in [-0.2, -0.15) is 0 Å². The molecule has 0 spiro atoms. The molecule has 1 aromatic heterocycles. The molecule has 0 saturated carbocycles. The van der Waals surface area contributed by atoms with E-state index in [0.29, 0.717) is 17.5 Å². The van der Waals surface area contributed by atoms with Gasteiger partial charge in [-0.25, -0.2) is 8.42 Å². The first-order valence-electron chi connectivity index (χ1n) is 7.32. The van der Waals surface area contributed by atoms with Crippen LogP contribution in [0.3, 0.4) is 0 Å². The standard InChI is InChI=1S/C16H18BrNO2S2/c17-13-5-7-14(8-6-13)22(19,20)12-10-18-9-1-3-15(18)16-4-2-11-21-16/h2,4-8,11,15H,1,3,9-10,12H2/t15-/m0/s1. The van der Waals surface area contributed by atoms with E-state index in [9.17, 15) is 8.42 Å². The van der Waals surface area contributed by atoms with Crippen LogP contribution in [0.15, 0.2) is 51.1 Å². The second-order valence-electron chi connectivity index (χ2n) is 5.48. The van der Waals surface area contributed by atoms with Crippen molar-refractivity contribution >= 4 is 37.1 Å². The van der Waals surface area contributed by atoms with Gasteiger partial charge < -0.3 is 0 Å². The SMILES string of the molecule is O=S(=O)(CCN1CCC[C@H]1c1cccs1)c1ccc(Br)cc1. The quantitative estimate of drug-likeness (QED) is 0.758. The van der Waals surface area contributed by atoms with Crippen LogP contribution in [0.25, 0.3) is 0 Å². The summed E-state index contributed by atoms with van der Waals surface area (Å²) in [6.45, 7) is 1.58. The largest absolute Gasteiger partial charge is 0.294 e. The van der Waals surface area contributed by atoms with Crippen molar-refractivity contribution in [1.29, 1.82) is 0 Å². The summed E-state index contributed by atoms with van der Waals surface area (Å²) in [4.78, 5) is 4.06. The highest BCUT2D eigenvalue weighted by Crippen LogP contribution is 2.34. The van der Waals surface area contributed by atoms with Crippen LogP contribution >= 0.6 is 27.3 Å². The van der Waals surface area contributed by atoms with E-state index >= 15 is 0 Å². The molecule has 1 aliphatic rings. The minimum Gasteiger partial charge on any atom is -0.294 e. The predicted octanol–water partition coefficient (Wildman–Crippen LogP) is 4.12. The number of nitrogens with zero attached hydrogens (tertiary/aromatic N) is 1. The number of likely N-dealkylation sites (tertiary alicyclic amines) is 1. The normalized spacial score (nSPS) is 19.6. The Kier molecular flexibility index (Phi) is 5.02. The Morgan fingerprint density at radius 2 is 2.00 bits per heavy atom. The molecule has 0 radical (unpaired) electrons. The van der Waals surface area contributed by atoms with Crippen LogP contribution < -0.4 is 0 Å². The number of hydrogen-bond acceptors (Lipinski definition) is 4. The van der Waals surface area contributed by atoms with Crippen molar-refractivity contribution in [3.8, 4) is 0 Å². The van der Waals surface area contributed by atoms with Crippen LogP contribution in [0.5, 0.6) is 0 Å². The Morgan fingerprint density at radius 1 is 1.23 bits per heavy atom. The second-order valence-corrected chi connectivity index (χ2v) is 9.49. The van der Waals surface area contributed by atoms with Crippen molar-refractivity contribution in [1.82, 2.24) is 4.90 Å². The number of sulfone groups is 1. The van der Waals surface area contributed by atoms with E-state index in [1.165, 1.54) is 4.88 Å². The molecule has 0 unspecified atom stereocenters. The van der Waals surface area contributed by atoms with Crippen molar-refractivity contribution in [3.05, 3.63) is 51.1 Å². The molecule has 1 aliphatic heterocycles. The van der Waals surface area contributed by atoms with Crippen molar-refractivity contribution < 1.29 is 8.42 Å². The summed E-state index contributed by atoms with van der Waals surface area (Å²) in [5, 5.41) is 2.09. The third-order valence-electron chi connectivity index (χ3n) is 4.06. The lowest BCUT2D eigenvalue weighted by Crippen LogP contribution is -2.28. The fourth-order valence-corrected chi connectivity index (χ4v) is 5.32. The molecule has 0 N–H and O–H groups in total. The lowest BCUT2D eigenvalue weighted by Gasteiger charge is -2.23. The zero-order valence-corrected chi connectivity index (χ0v) is 15.3. The van der Waals surface area contributed by atoms with Crippen LogP contribution in [0, 0.1) is 0 Å². The van der Waals surface area contributed by atoms with Crippen LogP contribution in [-0.4, -0.2) is 32.2 Å². The maximum Gasteiger partial charge on any atom is 0.179 e. The average molecular weight is 400 g/mol. The van der Waals surface area contributed by atoms with Crippen LogP contribution in [0.2, 0.25) is 0 Å². The fourth-order valence-electron chi connectivity index (χ4n) is 2.89. The highest BCUT2D eigenvalue weighted by Gasteiger charge is 2.28. The Hall–Kier alpha value is -0.690. The van der Waals surface area contributed by atoms with Crippen LogP contribution in [0.4, 0.5) is 0 Å². The first-order chi connectivity index (χ1) is 10.6. The third-order valence-corrected chi connectivity index (χ3v) is 7.27. The Labute approximate surface area is 144 Å². The lowest BCUT2D eigenvalue weighted by molar-refractivity contribution is 0.276. The van der Waals surface area contributed by atoms with E-state index in [1.54, 1.807) is 35.6 Å². The maximum atomic E-state index is 12.5. The molecule has 0 bridgehead atoms. The van der Waals surface area contributed by atoms with E-state index in [1.807, 2.05) is 0 Å². The number of halogens is 1. The molecule has 1 atom stereocenters. The Balaban J connectivity index is 1.67. The highest BCUT2D eigenvalue weighted by atomic mass is 79.9. The molecular formula is C16H18BrNO2S2. The minimum atomic E-state index is -3.22. The summed E-state index contributed by atoms with van der Waals surface area (Å²) >= 11 is 5.09. The van der Waals surface area contributed by atoms with Gasteiger partial charge in [0.25, 0.3) is 0 Å². The smallest absolute Gasteiger partial charge is 0.179 e. The first-order valence-corrected chi connectivity index (χ1v) is 10.6. The van der Waals surface area contributed by atoms with Crippen molar-refractivity contribution in [2.45, 2.75) is 23.8 Å². The lowest BCUT2D eigenvalue weighted by atomic mass is 10.2. The molecule has 6 heteroatoms. The minimum absolute atomic E-state index is 0.177. The second kappa shape index (κ2) is 6.83. The van der Waals surface area contributed by atoms with Crippen LogP contribution in [-0.2, 0) is 9.84 Å². The number of thiophene rings is 1. The van der Waals surface area contributed by atoms with Gasteiger partial charge in [0.15, 0.2) is 9.84 Å². The molecule has 1 fully saturated rings. The molecular weight excluding hydrogens is 382 g/mol. The maximum absolute atomic E-state index is 12.5. The fraction of sp³-hybridized carbons (Fsp3) is 0.375. The summed E-state index contributed by atoms with van der Waals surface area (Å²) in [7, 11) is -3.22. The molecule has 1 saturated heterocycles. The molecule has 3 nitrogen and oxygen atoms in total. The van der Waals surface area contributed by atoms with Gasteiger partial charge in [-0.05, 0) is 55.1 Å². The van der Waals surface area contributed by atoms with Gasteiger partial charge in [-0.15, -0.1) is 11.3 Å². The Bertz CT molecular complexity index is 711. The molecule has 0 amide bonds. The summed E-state index contributed by atoms with van der Waals surface area (Å²) in [5.74, 6) is 0.177. The number of hydrogen-bond donors (Lipinski definition) is 0. The molecule has 2 heterocycles. The van der Waals surface area contributed by atoms with Crippen LogP contribution in [0.1, 0.15) is 23.8 Å². The summed E-state index contributed by atoms with van der Waals surface area (Å²) in [5.41, 5.74) is 0. The zero-order chi connectivity index (χ0) is 15.6. The Morgan fingerprint density at radius 3 is 2.68 bits per heavy atom. The van der Waals surface area contributed by atoms with Gasteiger partial charge in [0.05, 0.1) is 10.6 Å². The molecule has 118 valence electrons. The van der Waals surface area contributed by atoms with Gasteiger partial charge in [0.1, 0.15) is 0 Å². The van der Waals surface area contributed by atoms with Crippen molar-refractivity contribution in [3.63, 3.8) is 0 Å². The molecule has 2 aromatic rings. The van der Waals surface area contributed by atoms with Gasteiger partial charge in [0.2, 0.25) is 0 Å². The highest BCUT2D eigenvalue weighted by molar-refractivity contribution is 9.10. The average Bonchev–Trinajstić information content (AvgIpc) is 3.16. The van der Waals surface area contributed by atoms with Gasteiger partial charge in [-0.3, -0.25) is 4.90 Å².